The van der Waals surface area contributed by atoms with Crippen molar-refractivity contribution in [2.45, 2.75) is 20.3 Å². The van der Waals surface area contributed by atoms with Crippen molar-refractivity contribution in [3.8, 4) is 5.75 Å². The number of hydrogen-bond donors (Lipinski definition) is 1. The first-order valence-electron chi connectivity index (χ1n) is 5.01. The van der Waals surface area contributed by atoms with Crippen molar-refractivity contribution in [1.82, 2.24) is 0 Å². The summed E-state index contributed by atoms with van der Waals surface area (Å²) in [6, 6.07) is 6.16. The highest BCUT2D eigenvalue weighted by atomic mass is 79.9. The molecule has 0 fully saturated rings. The summed E-state index contributed by atoms with van der Waals surface area (Å²) in [5, 5.41) is 0. The fourth-order valence-corrected chi connectivity index (χ4v) is 2.03. The zero-order chi connectivity index (χ0) is 11.5. The maximum Gasteiger partial charge on any atom is 0.133 e. The number of ether oxygens (including phenoxy) is 1. The van der Waals surface area contributed by atoms with Gasteiger partial charge >= 0.3 is 0 Å². The van der Waals surface area contributed by atoms with Gasteiger partial charge in [-0.2, -0.15) is 0 Å². The lowest BCUT2D eigenvalue weighted by Crippen LogP contribution is -2.25. The van der Waals surface area contributed by atoms with Crippen LogP contribution in [-0.2, 0) is 6.42 Å². The Bertz CT molecular complexity index is 336. The molecule has 0 saturated carbocycles. The van der Waals surface area contributed by atoms with E-state index in [9.17, 15) is 0 Å². The Morgan fingerprint density at radius 1 is 1.40 bits per heavy atom. The number of hydrogen-bond acceptors (Lipinski definition) is 2. The van der Waals surface area contributed by atoms with Crippen LogP contribution in [0.25, 0.3) is 0 Å². The van der Waals surface area contributed by atoms with Crippen molar-refractivity contribution in [3.63, 3.8) is 0 Å². The Morgan fingerprint density at radius 2 is 2.07 bits per heavy atom. The van der Waals surface area contributed by atoms with Crippen molar-refractivity contribution >= 4 is 15.9 Å². The molecule has 0 amide bonds. The van der Waals surface area contributed by atoms with Crippen LogP contribution >= 0.6 is 15.9 Å². The molecule has 0 aliphatic rings. The van der Waals surface area contributed by atoms with Crippen LogP contribution in [0.2, 0.25) is 0 Å². The molecule has 0 bridgehead atoms. The van der Waals surface area contributed by atoms with E-state index in [1.54, 1.807) is 7.11 Å². The van der Waals surface area contributed by atoms with Gasteiger partial charge in [0.1, 0.15) is 5.75 Å². The van der Waals surface area contributed by atoms with Crippen molar-refractivity contribution in [3.05, 3.63) is 28.2 Å². The predicted molar refractivity (Wildman–Crippen MR) is 67.2 cm³/mol. The van der Waals surface area contributed by atoms with Crippen molar-refractivity contribution in [1.29, 1.82) is 0 Å². The van der Waals surface area contributed by atoms with Gasteiger partial charge in [0.2, 0.25) is 0 Å². The van der Waals surface area contributed by atoms with Gasteiger partial charge in [-0.1, -0.05) is 19.9 Å². The second-order valence-corrected chi connectivity index (χ2v) is 5.37. The van der Waals surface area contributed by atoms with Gasteiger partial charge in [-0.05, 0) is 52.0 Å². The van der Waals surface area contributed by atoms with Gasteiger partial charge in [0.15, 0.2) is 0 Å². The maximum absolute atomic E-state index is 5.71. The predicted octanol–water partition coefficient (Wildman–Crippen LogP) is 2.99. The SMILES string of the molecule is COc1ccc(CC(C)(C)CN)cc1Br. The second kappa shape index (κ2) is 4.99. The van der Waals surface area contributed by atoms with E-state index in [1.807, 2.05) is 6.07 Å². The molecule has 0 spiro atoms. The molecule has 0 atom stereocenters. The molecule has 0 radical (unpaired) electrons. The third kappa shape index (κ3) is 3.50. The monoisotopic (exact) mass is 271 g/mol. The molecule has 0 saturated heterocycles. The van der Waals surface area contributed by atoms with Gasteiger partial charge in [0.05, 0.1) is 11.6 Å². The van der Waals surface area contributed by atoms with Crippen LogP contribution in [0.1, 0.15) is 19.4 Å². The van der Waals surface area contributed by atoms with Gasteiger partial charge in [-0.15, -0.1) is 0 Å². The number of nitrogens with two attached hydrogens (primary N) is 1. The molecule has 1 aromatic rings. The first kappa shape index (κ1) is 12.5. The lowest BCUT2D eigenvalue weighted by Gasteiger charge is -2.22. The highest BCUT2D eigenvalue weighted by Gasteiger charge is 2.16. The zero-order valence-corrected chi connectivity index (χ0v) is 11.1. The van der Waals surface area contributed by atoms with E-state index in [-0.39, 0.29) is 5.41 Å². The average Bonchev–Trinajstić information content (AvgIpc) is 2.17. The molecular formula is C12H18BrNO. The minimum absolute atomic E-state index is 0.147. The van der Waals surface area contributed by atoms with Crippen LogP contribution in [0, 0.1) is 5.41 Å². The van der Waals surface area contributed by atoms with E-state index in [0.717, 1.165) is 16.6 Å². The quantitative estimate of drug-likeness (QED) is 0.914. The lowest BCUT2D eigenvalue weighted by molar-refractivity contribution is 0.375. The second-order valence-electron chi connectivity index (χ2n) is 4.51. The standard InChI is InChI=1S/C12H18BrNO/c1-12(2,8-14)7-9-4-5-11(15-3)10(13)6-9/h4-6H,7-8,14H2,1-3H3. The summed E-state index contributed by atoms with van der Waals surface area (Å²) in [7, 11) is 1.67. The minimum atomic E-state index is 0.147. The highest BCUT2D eigenvalue weighted by molar-refractivity contribution is 9.10. The largest absolute Gasteiger partial charge is 0.496 e. The summed E-state index contributed by atoms with van der Waals surface area (Å²) in [5.74, 6) is 0.865. The third-order valence-corrected chi connectivity index (χ3v) is 3.07. The lowest BCUT2D eigenvalue weighted by atomic mass is 9.86. The van der Waals surface area contributed by atoms with Gasteiger partial charge in [0, 0.05) is 0 Å². The third-order valence-electron chi connectivity index (χ3n) is 2.45. The van der Waals surface area contributed by atoms with Crippen LogP contribution in [0.15, 0.2) is 22.7 Å². The number of methoxy groups -OCH3 is 1. The normalized spacial score (nSPS) is 11.5. The van der Waals surface area contributed by atoms with E-state index in [2.05, 4.69) is 41.9 Å². The topological polar surface area (TPSA) is 35.2 Å². The number of halogens is 1. The van der Waals surface area contributed by atoms with Crippen LogP contribution in [0.5, 0.6) is 5.75 Å². The average molecular weight is 272 g/mol. The van der Waals surface area contributed by atoms with Gasteiger partial charge in [0.25, 0.3) is 0 Å². The van der Waals surface area contributed by atoms with Crippen LogP contribution in [-0.4, -0.2) is 13.7 Å². The molecule has 0 heterocycles. The molecule has 0 unspecified atom stereocenters. The van der Waals surface area contributed by atoms with Crippen LogP contribution < -0.4 is 10.5 Å². The Labute approximate surface area is 99.9 Å². The summed E-state index contributed by atoms with van der Waals surface area (Å²) < 4.78 is 6.18. The van der Waals surface area contributed by atoms with E-state index in [1.165, 1.54) is 5.56 Å². The van der Waals surface area contributed by atoms with E-state index < -0.39 is 0 Å². The zero-order valence-electron chi connectivity index (χ0n) is 9.51. The number of benzene rings is 1. The number of rotatable bonds is 4. The van der Waals surface area contributed by atoms with Crippen molar-refractivity contribution in [2.24, 2.45) is 11.1 Å². The Morgan fingerprint density at radius 3 is 2.53 bits per heavy atom. The summed E-state index contributed by atoms with van der Waals surface area (Å²) in [6.07, 6.45) is 0.978. The summed E-state index contributed by atoms with van der Waals surface area (Å²) in [4.78, 5) is 0. The van der Waals surface area contributed by atoms with Crippen LogP contribution in [0.3, 0.4) is 0 Å². The highest BCUT2D eigenvalue weighted by Crippen LogP contribution is 2.28. The fraction of sp³-hybridized carbons (Fsp3) is 0.500. The molecule has 2 nitrogen and oxygen atoms in total. The first-order valence-corrected chi connectivity index (χ1v) is 5.80. The smallest absolute Gasteiger partial charge is 0.133 e. The summed E-state index contributed by atoms with van der Waals surface area (Å²) in [5.41, 5.74) is 7.13. The molecule has 1 aromatic carbocycles. The first-order chi connectivity index (χ1) is 6.98. The Hall–Kier alpha value is -0.540. The molecule has 15 heavy (non-hydrogen) atoms. The molecular weight excluding hydrogens is 254 g/mol. The minimum Gasteiger partial charge on any atom is -0.496 e. The molecule has 2 N–H and O–H groups in total. The van der Waals surface area contributed by atoms with Crippen LogP contribution in [0.4, 0.5) is 0 Å². The molecule has 0 aromatic heterocycles. The Balaban J connectivity index is 2.84. The molecule has 3 heteroatoms. The van der Waals surface area contributed by atoms with E-state index in [4.69, 9.17) is 10.5 Å². The molecule has 0 aliphatic carbocycles. The Kier molecular flexibility index (Phi) is 4.17. The summed E-state index contributed by atoms with van der Waals surface area (Å²) in [6.45, 7) is 5.03. The molecule has 0 aliphatic heterocycles. The molecule has 84 valence electrons. The maximum atomic E-state index is 5.71. The van der Waals surface area contributed by atoms with Gasteiger partial charge < -0.3 is 10.5 Å². The van der Waals surface area contributed by atoms with Crippen molar-refractivity contribution in [2.75, 3.05) is 13.7 Å². The fourth-order valence-electron chi connectivity index (χ4n) is 1.44. The van der Waals surface area contributed by atoms with Crippen molar-refractivity contribution < 1.29 is 4.74 Å². The van der Waals surface area contributed by atoms with E-state index in [0.29, 0.717) is 6.54 Å². The van der Waals surface area contributed by atoms with E-state index >= 15 is 0 Å². The summed E-state index contributed by atoms with van der Waals surface area (Å²) >= 11 is 3.48. The molecule has 1 rings (SSSR count). The van der Waals surface area contributed by atoms with Gasteiger partial charge in [-0.25, -0.2) is 0 Å². The van der Waals surface area contributed by atoms with Gasteiger partial charge in [-0.3, -0.25) is 0 Å².